The van der Waals surface area contributed by atoms with Crippen molar-refractivity contribution < 1.29 is 18.7 Å². The van der Waals surface area contributed by atoms with Crippen molar-refractivity contribution in [3.63, 3.8) is 0 Å². The van der Waals surface area contributed by atoms with Crippen LogP contribution in [-0.4, -0.2) is 24.6 Å². The Labute approximate surface area is 160 Å². The first-order chi connectivity index (χ1) is 13.1. The number of carbonyl (C=O) groups is 2. The van der Waals surface area contributed by atoms with Gasteiger partial charge in [0.15, 0.2) is 0 Å². The van der Waals surface area contributed by atoms with Crippen LogP contribution in [0.1, 0.15) is 35.1 Å². The van der Waals surface area contributed by atoms with Crippen molar-refractivity contribution in [1.82, 2.24) is 5.32 Å². The monoisotopic (exact) mass is 385 g/mol. The van der Waals surface area contributed by atoms with Crippen LogP contribution in [0.3, 0.4) is 0 Å². The normalized spacial score (nSPS) is 15.8. The van der Waals surface area contributed by atoms with Gasteiger partial charge in [0.05, 0.1) is 11.8 Å². The van der Waals surface area contributed by atoms with Gasteiger partial charge in [0.25, 0.3) is 0 Å². The summed E-state index contributed by atoms with van der Waals surface area (Å²) in [5, 5.41) is 15.4. The van der Waals surface area contributed by atoms with Crippen LogP contribution in [0, 0.1) is 11.3 Å². The number of hydrogen-bond donors (Lipinski definition) is 2. The summed E-state index contributed by atoms with van der Waals surface area (Å²) < 4.78 is 10.5. The summed E-state index contributed by atoms with van der Waals surface area (Å²) in [6, 6.07) is 5.66. The second-order valence-electron chi connectivity index (χ2n) is 5.96. The fourth-order valence-electron chi connectivity index (χ4n) is 2.90. The maximum absolute atomic E-state index is 12.2. The zero-order valence-electron chi connectivity index (χ0n) is 14.8. The summed E-state index contributed by atoms with van der Waals surface area (Å²) in [6.45, 7) is 2.34. The molecular formula is C19H19N3O4S. The standard InChI is InChI=1S/C19H19N3O4S/c1-2-21-19(24)26-13-5-7-14-15(11-20)18(27-16(14)10-13)22-17(23)8-6-12-4-3-9-25-12/h3-4,6,8-9,13H,2,5,7,10H2,1H3,(H,21,24)(H,22,23)/b8-6+. The van der Waals surface area contributed by atoms with Gasteiger partial charge in [-0.15, -0.1) is 11.3 Å². The highest BCUT2D eigenvalue weighted by atomic mass is 32.1. The molecule has 1 atom stereocenters. The summed E-state index contributed by atoms with van der Waals surface area (Å²) in [5.74, 6) is 0.234. The van der Waals surface area contributed by atoms with Crippen molar-refractivity contribution in [2.75, 3.05) is 11.9 Å². The fraction of sp³-hybridized carbons (Fsp3) is 0.316. The van der Waals surface area contributed by atoms with Crippen LogP contribution in [0.15, 0.2) is 28.9 Å². The number of nitriles is 1. The number of furan rings is 1. The first kappa shape index (κ1) is 18.7. The number of thiophene rings is 1. The van der Waals surface area contributed by atoms with Gasteiger partial charge < -0.3 is 19.8 Å². The van der Waals surface area contributed by atoms with E-state index in [0.29, 0.717) is 42.1 Å². The van der Waals surface area contributed by atoms with Crippen molar-refractivity contribution in [1.29, 1.82) is 5.26 Å². The molecule has 3 rings (SSSR count). The molecule has 0 saturated carbocycles. The molecule has 1 unspecified atom stereocenters. The third kappa shape index (κ3) is 4.57. The zero-order valence-corrected chi connectivity index (χ0v) is 15.6. The highest BCUT2D eigenvalue weighted by Crippen LogP contribution is 2.38. The van der Waals surface area contributed by atoms with Crippen LogP contribution in [0.2, 0.25) is 0 Å². The molecule has 0 aromatic carbocycles. The first-order valence-corrected chi connectivity index (χ1v) is 9.44. The maximum Gasteiger partial charge on any atom is 0.407 e. The highest BCUT2D eigenvalue weighted by molar-refractivity contribution is 7.16. The predicted molar refractivity (Wildman–Crippen MR) is 101 cm³/mol. The SMILES string of the molecule is CCNC(=O)OC1CCc2c(sc(NC(=O)/C=C/c3ccco3)c2C#N)C1. The molecule has 0 aliphatic heterocycles. The van der Waals surface area contributed by atoms with E-state index in [4.69, 9.17) is 9.15 Å². The van der Waals surface area contributed by atoms with Crippen LogP contribution in [0.4, 0.5) is 9.80 Å². The Balaban J connectivity index is 1.69. The number of ether oxygens (including phenoxy) is 1. The molecule has 2 amide bonds. The minimum absolute atomic E-state index is 0.225. The molecule has 27 heavy (non-hydrogen) atoms. The van der Waals surface area contributed by atoms with E-state index in [1.165, 1.54) is 23.7 Å². The van der Waals surface area contributed by atoms with Gasteiger partial charge in [-0.3, -0.25) is 4.79 Å². The molecule has 2 aromatic rings. The number of anilines is 1. The van der Waals surface area contributed by atoms with Crippen molar-refractivity contribution in [3.8, 4) is 6.07 Å². The van der Waals surface area contributed by atoms with Crippen LogP contribution in [-0.2, 0) is 22.4 Å². The Morgan fingerprint density at radius 3 is 3.07 bits per heavy atom. The summed E-state index contributed by atoms with van der Waals surface area (Å²) in [7, 11) is 0. The number of rotatable bonds is 5. The quantitative estimate of drug-likeness (QED) is 0.767. The van der Waals surface area contributed by atoms with Crippen molar-refractivity contribution in [2.45, 2.75) is 32.3 Å². The van der Waals surface area contributed by atoms with Gasteiger partial charge in [0.1, 0.15) is 22.9 Å². The van der Waals surface area contributed by atoms with Crippen LogP contribution in [0.5, 0.6) is 0 Å². The van der Waals surface area contributed by atoms with Gasteiger partial charge in [-0.25, -0.2) is 4.79 Å². The fourth-order valence-corrected chi connectivity index (χ4v) is 4.16. The molecule has 7 nitrogen and oxygen atoms in total. The lowest BCUT2D eigenvalue weighted by Crippen LogP contribution is -2.31. The van der Waals surface area contributed by atoms with Gasteiger partial charge in [-0.1, -0.05) is 0 Å². The summed E-state index contributed by atoms with van der Waals surface area (Å²) in [4.78, 5) is 24.7. The third-order valence-electron chi connectivity index (χ3n) is 4.11. The third-order valence-corrected chi connectivity index (χ3v) is 5.28. The minimum atomic E-state index is -0.431. The molecule has 0 fully saturated rings. The van der Waals surface area contributed by atoms with E-state index < -0.39 is 6.09 Å². The second kappa shape index (κ2) is 8.56. The molecule has 1 aliphatic carbocycles. The number of alkyl carbamates (subject to hydrolysis) is 1. The van der Waals surface area contributed by atoms with Gasteiger partial charge >= 0.3 is 6.09 Å². The average molecular weight is 385 g/mol. The van der Waals surface area contributed by atoms with Crippen molar-refractivity contribution >= 4 is 34.4 Å². The lowest BCUT2D eigenvalue weighted by Gasteiger charge is -2.22. The minimum Gasteiger partial charge on any atom is -0.465 e. The predicted octanol–water partition coefficient (Wildman–Crippen LogP) is 3.47. The topological polar surface area (TPSA) is 104 Å². The van der Waals surface area contributed by atoms with E-state index in [1.807, 2.05) is 6.92 Å². The molecule has 1 aliphatic rings. The van der Waals surface area contributed by atoms with E-state index in [1.54, 1.807) is 18.2 Å². The Hall–Kier alpha value is -3.05. The van der Waals surface area contributed by atoms with Gasteiger partial charge in [-0.2, -0.15) is 5.26 Å². The van der Waals surface area contributed by atoms with E-state index in [2.05, 4.69) is 16.7 Å². The number of nitrogens with zero attached hydrogens (tertiary/aromatic N) is 1. The number of carbonyl (C=O) groups excluding carboxylic acids is 2. The number of nitrogens with one attached hydrogen (secondary N) is 2. The summed E-state index contributed by atoms with van der Waals surface area (Å²) >= 11 is 1.36. The molecule has 0 spiro atoms. The first-order valence-electron chi connectivity index (χ1n) is 8.62. The van der Waals surface area contributed by atoms with Crippen LogP contribution >= 0.6 is 11.3 Å². The van der Waals surface area contributed by atoms with Gasteiger partial charge in [-0.05, 0) is 43.5 Å². The summed E-state index contributed by atoms with van der Waals surface area (Å²) in [6.07, 6.45) is 5.63. The van der Waals surface area contributed by atoms with Crippen molar-refractivity contribution in [2.24, 2.45) is 0 Å². The van der Waals surface area contributed by atoms with Gasteiger partial charge in [0.2, 0.25) is 5.91 Å². The Morgan fingerprint density at radius 2 is 2.37 bits per heavy atom. The average Bonchev–Trinajstić information content (AvgIpc) is 3.26. The smallest absolute Gasteiger partial charge is 0.407 e. The number of hydrogen-bond acceptors (Lipinski definition) is 6. The molecule has 0 saturated heterocycles. The van der Waals surface area contributed by atoms with Crippen LogP contribution < -0.4 is 10.6 Å². The molecule has 2 heterocycles. The van der Waals surface area contributed by atoms with E-state index in [-0.39, 0.29) is 12.0 Å². The van der Waals surface area contributed by atoms with Gasteiger partial charge in [0, 0.05) is 23.9 Å². The molecule has 2 aromatic heterocycles. The Kier molecular flexibility index (Phi) is 5.94. The molecular weight excluding hydrogens is 366 g/mol. The van der Waals surface area contributed by atoms with E-state index >= 15 is 0 Å². The lowest BCUT2D eigenvalue weighted by atomic mass is 9.94. The van der Waals surface area contributed by atoms with E-state index in [9.17, 15) is 14.9 Å². The largest absolute Gasteiger partial charge is 0.465 e. The number of amides is 2. The Bertz CT molecular complexity index is 893. The molecule has 0 bridgehead atoms. The van der Waals surface area contributed by atoms with E-state index in [0.717, 1.165) is 10.4 Å². The molecule has 8 heteroatoms. The summed E-state index contributed by atoms with van der Waals surface area (Å²) in [5.41, 5.74) is 1.43. The van der Waals surface area contributed by atoms with Crippen LogP contribution in [0.25, 0.3) is 6.08 Å². The molecule has 140 valence electrons. The zero-order chi connectivity index (χ0) is 19.2. The lowest BCUT2D eigenvalue weighted by molar-refractivity contribution is -0.111. The highest BCUT2D eigenvalue weighted by Gasteiger charge is 2.28. The maximum atomic E-state index is 12.2. The molecule has 2 N–H and O–H groups in total. The Morgan fingerprint density at radius 1 is 1.52 bits per heavy atom. The number of fused-ring (bicyclic) bond motifs is 1. The van der Waals surface area contributed by atoms with Crippen molar-refractivity contribution in [3.05, 3.63) is 46.2 Å². The molecule has 0 radical (unpaired) electrons. The second-order valence-corrected chi connectivity index (χ2v) is 7.06.